The Kier molecular flexibility index (Phi) is 3.63. The molecule has 0 aromatic heterocycles. The van der Waals surface area contributed by atoms with E-state index in [1.54, 1.807) is 0 Å². The minimum atomic E-state index is 0.944. The first-order chi connectivity index (χ1) is 7.81. The van der Waals surface area contributed by atoms with Crippen LogP contribution in [0, 0.1) is 21.8 Å². The van der Waals surface area contributed by atoms with Crippen molar-refractivity contribution in [3.8, 4) is 12.3 Å². The lowest BCUT2D eigenvalue weighted by Crippen LogP contribution is -1.99. The molecule has 0 aliphatic heterocycles. The van der Waals surface area contributed by atoms with Crippen molar-refractivity contribution in [3.05, 3.63) is 75.2 Å². The predicted octanol–water partition coefficient (Wildman–Crippen LogP) is 3.90. The number of halogens is 1. The van der Waals surface area contributed by atoms with Crippen LogP contribution in [0.25, 0.3) is 0 Å². The molecule has 0 spiro atoms. The third-order valence-corrected chi connectivity index (χ3v) is 2.99. The van der Waals surface area contributed by atoms with Crippen LogP contribution in [0.4, 0.5) is 0 Å². The van der Waals surface area contributed by atoms with Gasteiger partial charge in [0, 0.05) is 3.57 Å². The van der Waals surface area contributed by atoms with E-state index >= 15 is 0 Å². The smallest absolute Gasteiger partial charge is 0.106 e. The molecule has 0 saturated carbocycles. The molecular formula is C15H10I. The van der Waals surface area contributed by atoms with Crippen molar-refractivity contribution < 1.29 is 0 Å². The van der Waals surface area contributed by atoms with Crippen molar-refractivity contribution in [3.63, 3.8) is 0 Å². The molecule has 0 fully saturated rings. The van der Waals surface area contributed by atoms with Gasteiger partial charge in [0.1, 0.15) is 5.92 Å². The van der Waals surface area contributed by atoms with E-state index in [2.05, 4.69) is 40.6 Å². The van der Waals surface area contributed by atoms with Gasteiger partial charge >= 0.3 is 0 Å². The first-order valence-corrected chi connectivity index (χ1v) is 6.04. The third kappa shape index (κ3) is 2.45. The van der Waals surface area contributed by atoms with E-state index in [0.717, 1.165) is 17.0 Å². The van der Waals surface area contributed by atoms with Crippen LogP contribution in [0.5, 0.6) is 0 Å². The maximum atomic E-state index is 5.60. The van der Waals surface area contributed by atoms with Crippen LogP contribution in [-0.4, -0.2) is 0 Å². The van der Waals surface area contributed by atoms with Gasteiger partial charge in [0.2, 0.25) is 0 Å². The molecule has 1 heteroatoms. The number of hydrogen-bond donors (Lipinski definition) is 0. The van der Waals surface area contributed by atoms with Crippen LogP contribution in [0.2, 0.25) is 0 Å². The third-order valence-electron chi connectivity index (χ3n) is 2.32. The molecule has 1 radical (unpaired) electrons. The molecule has 2 aromatic carbocycles. The first kappa shape index (κ1) is 11.2. The lowest BCUT2D eigenvalue weighted by Gasteiger charge is -2.10. The topological polar surface area (TPSA) is 0 Å². The van der Waals surface area contributed by atoms with Crippen molar-refractivity contribution in [2.75, 3.05) is 0 Å². The molecule has 0 saturated heterocycles. The summed E-state index contributed by atoms with van der Waals surface area (Å²) in [4.78, 5) is 0. The highest BCUT2D eigenvalue weighted by Gasteiger charge is 2.11. The van der Waals surface area contributed by atoms with Crippen LogP contribution in [0.1, 0.15) is 11.1 Å². The van der Waals surface area contributed by atoms with E-state index in [1.807, 2.05) is 42.5 Å². The zero-order valence-corrected chi connectivity index (χ0v) is 10.8. The van der Waals surface area contributed by atoms with Gasteiger partial charge in [-0.25, -0.2) is 0 Å². The van der Waals surface area contributed by atoms with Gasteiger partial charge in [-0.05, 0) is 45.9 Å². The molecule has 2 aromatic rings. The normalized spacial score (nSPS) is 10.1. The van der Waals surface area contributed by atoms with E-state index in [0.29, 0.717) is 0 Å². The number of hydrogen-bond acceptors (Lipinski definition) is 0. The second-order valence-electron chi connectivity index (χ2n) is 3.40. The van der Waals surface area contributed by atoms with Gasteiger partial charge in [-0.15, -0.1) is 6.42 Å². The molecule has 0 heterocycles. The highest BCUT2D eigenvalue weighted by molar-refractivity contribution is 14.1. The van der Waals surface area contributed by atoms with Gasteiger partial charge in [0.25, 0.3) is 0 Å². The summed E-state index contributed by atoms with van der Waals surface area (Å²) in [6, 6.07) is 18.3. The van der Waals surface area contributed by atoms with Crippen molar-refractivity contribution in [1.82, 2.24) is 0 Å². The summed E-state index contributed by atoms with van der Waals surface area (Å²) in [5, 5.41) is 0. The van der Waals surface area contributed by atoms with Crippen LogP contribution in [-0.2, 0) is 0 Å². The Balaban J connectivity index is 2.42. The van der Waals surface area contributed by atoms with E-state index in [4.69, 9.17) is 6.42 Å². The molecule has 0 amide bonds. The highest BCUT2D eigenvalue weighted by Crippen LogP contribution is 2.23. The number of terminal acetylenes is 1. The van der Waals surface area contributed by atoms with Gasteiger partial charge in [-0.2, -0.15) is 0 Å². The summed E-state index contributed by atoms with van der Waals surface area (Å²) in [7, 11) is 0. The van der Waals surface area contributed by atoms with Crippen molar-refractivity contribution in [2.45, 2.75) is 0 Å². The largest absolute Gasteiger partial charge is 0.119 e. The highest BCUT2D eigenvalue weighted by atomic mass is 127. The molecule has 0 bridgehead atoms. The molecule has 0 N–H and O–H groups in total. The Hall–Kier alpha value is -1.27. The number of rotatable bonds is 2. The van der Waals surface area contributed by atoms with Gasteiger partial charge < -0.3 is 0 Å². The fraction of sp³-hybridized carbons (Fsp3) is 0. The fourth-order valence-corrected chi connectivity index (χ4v) is 2.13. The molecule has 0 nitrogen and oxygen atoms in total. The number of benzene rings is 2. The van der Waals surface area contributed by atoms with E-state index in [-0.39, 0.29) is 0 Å². The van der Waals surface area contributed by atoms with E-state index in [9.17, 15) is 0 Å². The Morgan fingerprint density at radius 3 is 2.25 bits per heavy atom. The first-order valence-electron chi connectivity index (χ1n) is 4.96. The van der Waals surface area contributed by atoms with Crippen molar-refractivity contribution in [1.29, 1.82) is 0 Å². The van der Waals surface area contributed by atoms with Crippen molar-refractivity contribution in [2.24, 2.45) is 0 Å². The summed E-state index contributed by atoms with van der Waals surface area (Å²) < 4.78 is 1.19. The summed E-state index contributed by atoms with van der Waals surface area (Å²) >= 11 is 2.29. The lowest BCUT2D eigenvalue weighted by atomic mass is 9.92. The van der Waals surface area contributed by atoms with E-state index < -0.39 is 0 Å². The van der Waals surface area contributed by atoms with Crippen LogP contribution < -0.4 is 0 Å². The Labute approximate surface area is 110 Å². The van der Waals surface area contributed by atoms with Crippen LogP contribution in [0.15, 0.2) is 54.6 Å². The molecular weight excluding hydrogens is 307 g/mol. The Morgan fingerprint density at radius 1 is 0.938 bits per heavy atom. The molecule has 0 aliphatic rings. The summed E-state index contributed by atoms with van der Waals surface area (Å²) in [6.07, 6.45) is 5.60. The standard InChI is InChI=1S/C15H10I/c1-2-15(12-7-4-3-5-8-12)13-9-6-10-14(16)11-13/h1,3-11H. The van der Waals surface area contributed by atoms with Crippen LogP contribution >= 0.6 is 22.6 Å². The van der Waals surface area contributed by atoms with Crippen molar-refractivity contribution >= 4 is 22.6 Å². The lowest BCUT2D eigenvalue weighted by molar-refractivity contribution is 1.32. The molecule has 0 unspecified atom stereocenters. The quantitative estimate of drug-likeness (QED) is 0.582. The SMILES string of the molecule is C#C[C](c1ccccc1)c1cccc(I)c1. The summed E-state index contributed by atoms with van der Waals surface area (Å²) in [6.45, 7) is 0. The van der Waals surface area contributed by atoms with Gasteiger partial charge in [-0.3, -0.25) is 0 Å². The maximum absolute atomic E-state index is 5.60. The zero-order chi connectivity index (χ0) is 11.4. The summed E-state index contributed by atoms with van der Waals surface area (Å²) in [5.41, 5.74) is 2.19. The Morgan fingerprint density at radius 2 is 1.62 bits per heavy atom. The maximum Gasteiger partial charge on any atom is 0.106 e. The molecule has 77 valence electrons. The monoisotopic (exact) mass is 317 g/mol. The fourth-order valence-electron chi connectivity index (χ4n) is 1.58. The minimum absolute atomic E-state index is 0.944. The minimum Gasteiger partial charge on any atom is -0.119 e. The van der Waals surface area contributed by atoms with Crippen LogP contribution in [0.3, 0.4) is 0 Å². The van der Waals surface area contributed by atoms with E-state index in [1.165, 1.54) is 3.57 Å². The zero-order valence-electron chi connectivity index (χ0n) is 8.65. The predicted molar refractivity (Wildman–Crippen MR) is 75.9 cm³/mol. The molecule has 2 rings (SSSR count). The molecule has 16 heavy (non-hydrogen) atoms. The summed E-state index contributed by atoms with van der Waals surface area (Å²) in [5.74, 6) is 3.72. The second kappa shape index (κ2) is 5.18. The average Bonchev–Trinajstić information content (AvgIpc) is 2.31. The van der Waals surface area contributed by atoms with Gasteiger partial charge in [0.05, 0.1) is 0 Å². The molecule has 0 atom stereocenters. The molecule has 0 aliphatic carbocycles. The van der Waals surface area contributed by atoms with Gasteiger partial charge in [0.15, 0.2) is 0 Å². The average molecular weight is 317 g/mol. The Bertz CT molecular complexity index is 508. The second-order valence-corrected chi connectivity index (χ2v) is 4.64. The van der Waals surface area contributed by atoms with Gasteiger partial charge in [-0.1, -0.05) is 48.4 Å².